The van der Waals surface area contributed by atoms with E-state index < -0.39 is 58.0 Å². The number of rotatable bonds is 3. The summed E-state index contributed by atoms with van der Waals surface area (Å²) in [4.78, 5) is 0. The molecule has 0 aromatic carbocycles. The van der Waals surface area contributed by atoms with Crippen LogP contribution >= 0.6 is 0 Å². The Labute approximate surface area is 119 Å². The van der Waals surface area contributed by atoms with Crippen molar-refractivity contribution >= 4 is 20.8 Å². The fourth-order valence-electron chi connectivity index (χ4n) is 1.23. The first kappa shape index (κ1) is 20.5. The molecule has 0 aromatic heterocycles. The van der Waals surface area contributed by atoms with E-state index in [1.807, 2.05) is 0 Å². The summed E-state index contributed by atoms with van der Waals surface area (Å²) in [7, 11) is -10.2. The summed E-state index contributed by atoms with van der Waals surface area (Å²) in [6.07, 6.45) is -4.85. The van der Waals surface area contributed by atoms with Gasteiger partial charge in [-0.2, -0.15) is 16.8 Å². The highest BCUT2D eigenvalue weighted by Gasteiger charge is 2.41. The van der Waals surface area contributed by atoms with Gasteiger partial charge in [0, 0.05) is 0 Å². The number of ether oxygens (including phenoxy) is 1. The molecule has 128 valence electrons. The van der Waals surface area contributed by atoms with Crippen molar-refractivity contribution in [3.63, 3.8) is 0 Å². The van der Waals surface area contributed by atoms with Crippen LogP contribution in [0.25, 0.3) is 0 Å². The molecule has 5 atom stereocenters. The van der Waals surface area contributed by atoms with Crippen LogP contribution < -0.4 is 5.73 Å². The van der Waals surface area contributed by atoms with E-state index in [1.54, 1.807) is 0 Å². The van der Waals surface area contributed by atoms with Crippen molar-refractivity contribution in [3.8, 4) is 0 Å². The van der Waals surface area contributed by atoms with Gasteiger partial charge >= 0.3 is 20.8 Å². The maximum Gasteiger partial charge on any atom is 0.413 e. The van der Waals surface area contributed by atoms with Gasteiger partial charge in [0.15, 0.2) is 6.29 Å². The first-order valence-electron chi connectivity index (χ1n) is 5.00. The van der Waals surface area contributed by atoms with Crippen molar-refractivity contribution in [2.75, 3.05) is 6.61 Å². The average Bonchev–Trinajstić information content (AvgIpc) is 2.27. The second kappa shape index (κ2) is 7.70. The molecule has 0 bridgehead atoms. The lowest BCUT2D eigenvalue weighted by Gasteiger charge is -2.38. The van der Waals surface area contributed by atoms with Crippen molar-refractivity contribution in [1.82, 2.24) is 0 Å². The molecule has 1 saturated heterocycles. The second-order valence-corrected chi connectivity index (χ2v) is 5.98. The van der Waals surface area contributed by atoms with Gasteiger partial charge in [0.2, 0.25) is 0 Å². The highest BCUT2D eigenvalue weighted by Crippen LogP contribution is 2.17. The molecule has 1 rings (SSSR count). The quantitative estimate of drug-likeness (QED) is 0.235. The molecule has 0 unspecified atom stereocenters. The lowest BCUT2D eigenvalue weighted by Crippen LogP contribution is -2.61. The summed E-state index contributed by atoms with van der Waals surface area (Å²) in [5.41, 5.74) is 5.26. The Hall–Kier alpha value is -0.460. The van der Waals surface area contributed by atoms with Gasteiger partial charge in [-0.3, -0.25) is 9.11 Å². The van der Waals surface area contributed by atoms with Gasteiger partial charge in [0.1, 0.15) is 18.3 Å². The standard InChI is InChI=1S/C6H13NO5.H2O7S2/c7-3-5(10)4(9)2(1-8)12-6(3)11;1-8(2,3)7-9(4,5)6/h2-6,8-11H,1,7H2;(H,1,2,3)(H,4,5,6)/t2-,3-,4-,5-,6-;/m1./s1. The third-order valence-corrected chi connectivity index (χ3v) is 3.50. The SMILES string of the molecule is N[C@@H]1[C@@H](O)[C@H](O)[C@@H](CO)O[C@H]1O.O=S(=O)(O)OS(=O)(=O)O. The molecule has 15 heteroatoms. The Bertz CT molecular complexity index is 481. The molecule has 1 fully saturated rings. The number of nitrogens with two attached hydrogens (primary N) is 1. The van der Waals surface area contributed by atoms with Crippen molar-refractivity contribution in [2.45, 2.75) is 30.6 Å². The van der Waals surface area contributed by atoms with E-state index in [0.29, 0.717) is 0 Å². The van der Waals surface area contributed by atoms with E-state index in [4.69, 9.17) is 29.8 Å². The van der Waals surface area contributed by atoms with Gasteiger partial charge in [-0.05, 0) is 0 Å². The van der Waals surface area contributed by atoms with E-state index in [2.05, 4.69) is 3.63 Å². The third-order valence-electron chi connectivity index (χ3n) is 2.12. The van der Waals surface area contributed by atoms with Crippen LogP contribution in [0.4, 0.5) is 0 Å². The van der Waals surface area contributed by atoms with Crippen LogP contribution in [-0.4, -0.2) is 83.6 Å². The van der Waals surface area contributed by atoms with Crippen LogP contribution in [0.1, 0.15) is 0 Å². The van der Waals surface area contributed by atoms with E-state index in [9.17, 15) is 27.0 Å². The van der Waals surface area contributed by atoms with Crippen LogP contribution in [0.3, 0.4) is 0 Å². The molecule has 0 aliphatic carbocycles. The largest absolute Gasteiger partial charge is 0.413 e. The van der Waals surface area contributed by atoms with E-state index in [-0.39, 0.29) is 0 Å². The molecule has 21 heavy (non-hydrogen) atoms. The van der Waals surface area contributed by atoms with Crippen molar-refractivity contribution in [2.24, 2.45) is 5.73 Å². The molecule has 1 heterocycles. The predicted molar refractivity (Wildman–Crippen MR) is 62.1 cm³/mol. The average molecular weight is 357 g/mol. The van der Waals surface area contributed by atoms with Gasteiger partial charge in [0.25, 0.3) is 0 Å². The molecular formula is C6H15NO12S2. The van der Waals surface area contributed by atoms with Crippen molar-refractivity contribution in [3.05, 3.63) is 0 Å². The molecule has 0 aromatic rings. The van der Waals surface area contributed by atoms with Crippen LogP contribution in [-0.2, 0) is 29.2 Å². The summed E-state index contributed by atoms with van der Waals surface area (Å²) in [6.45, 7) is -0.470. The summed E-state index contributed by atoms with van der Waals surface area (Å²) in [6, 6.07) is -1.04. The highest BCUT2D eigenvalue weighted by molar-refractivity contribution is 7.94. The zero-order chi connectivity index (χ0) is 17.0. The van der Waals surface area contributed by atoms with Crippen molar-refractivity contribution in [1.29, 1.82) is 0 Å². The minimum absolute atomic E-state index is 0.470. The molecule has 13 nitrogen and oxygen atoms in total. The zero-order valence-corrected chi connectivity index (χ0v) is 11.8. The van der Waals surface area contributed by atoms with E-state index in [1.165, 1.54) is 0 Å². The summed E-state index contributed by atoms with van der Waals surface area (Å²) < 4.78 is 60.3. The molecule has 0 saturated carbocycles. The molecule has 1 aliphatic heterocycles. The Morgan fingerprint density at radius 3 is 1.71 bits per heavy atom. The van der Waals surface area contributed by atoms with Gasteiger partial charge in [-0.15, -0.1) is 3.63 Å². The number of aliphatic hydroxyl groups is 4. The van der Waals surface area contributed by atoms with Crippen LogP contribution in [0.15, 0.2) is 0 Å². The fourth-order valence-corrected chi connectivity index (χ4v) is 2.10. The minimum Gasteiger partial charge on any atom is -0.394 e. The Morgan fingerprint density at radius 1 is 1.00 bits per heavy atom. The molecule has 1 aliphatic rings. The maximum absolute atomic E-state index is 9.44. The van der Waals surface area contributed by atoms with Gasteiger partial charge < -0.3 is 30.9 Å². The molecular weight excluding hydrogens is 342 g/mol. The minimum atomic E-state index is -5.12. The van der Waals surface area contributed by atoms with Gasteiger partial charge in [-0.1, -0.05) is 0 Å². The molecule has 0 amide bonds. The maximum atomic E-state index is 9.44. The first-order chi connectivity index (χ1) is 9.28. The van der Waals surface area contributed by atoms with Crippen LogP contribution in [0, 0.1) is 0 Å². The fraction of sp³-hybridized carbons (Fsp3) is 1.00. The van der Waals surface area contributed by atoms with E-state index in [0.717, 1.165) is 0 Å². The first-order valence-corrected chi connectivity index (χ1v) is 7.73. The Morgan fingerprint density at radius 2 is 1.43 bits per heavy atom. The lowest BCUT2D eigenvalue weighted by atomic mass is 9.98. The van der Waals surface area contributed by atoms with Gasteiger partial charge in [-0.25, -0.2) is 0 Å². The Balaban J connectivity index is 0.000000400. The zero-order valence-electron chi connectivity index (χ0n) is 10.1. The molecule has 8 N–H and O–H groups in total. The number of hydrogen-bond donors (Lipinski definition) is 7. The lowest BCUT2D eigenvalue weighted by molar-refractivity contribution is -0.248. The van der Waals surface area contributed by atoms with Gasteiger partial charge in [0.05, 0.1) is 12.6 Å². The van der Waals surface area contributed by atoms with E-state index >= 15 is 0 Å². The topological polar surface area (TPSA) is 234 Å². The molecule has 0 spiro atoms. The Kier molecular flexibility index (Phi) is 7.53. The highest BCUT2D eigenvalue weighted by atomic mass is 32.3. The summed E-state index contributed by atoms with van der Waals surface area (Å²) in [5, 5.41) is 36.1. The normalized spacial score (nSPS) is 34.0. The predicted octanol–water partition coefficient (Wildman–Crippen LogP) is -4.65. The monoisotopic (exact) mass is 357 g/mol. The number of hydrogen-bond acceptors (Lipinski definition) is 11. The summed E-state index contributed by atoms with van der Waals surface area (Å²) in [5.74, 6) is 0. The molecule has 0 radical (unpaired) electrons. The second-order valence-electron chi connectivity index (χ2n) is 3.73. The smallest absolute Gasteiger partial charge is 0.394 e. The van der Waals surface area contributed by atoms with Crippen molar-refractivity contribution < 1.29 is 54.7 Å². The number of aliphatic hydroxyl groups excluding tert-OH is 4. The summed E-state index contributed by atoms with van der Waals surface area (Å²) >= 11 is 0. The van der Waals surface area contributed by atoms with Crippen LogP contribution in [0.5, 0.6) is 0 Å². The van der Waals surface area contributed by atoms with Crippen LogP contribution in [0.2, 0.25) is 0 Å². The third kappa shape index (κ3) is 7.93.